The van der Waals surface area contributed by atoms with Gasteiger partial charge in [-0.15, -0.1) is 0 Å². The van der Waals surface area contributed by atoms with Crippen LogP contribution >= 0.6 is 0 Å². The van der Waals surface area contributed by atoms with Crippen molar-refractivity contribution >= 4 is 5.91 Å². The third-order valence-electron chi connectivity index (χ3n) is 7.99. The maximum atomic E-state index is 12.6. The second-order valence-electron chi connectivity index (χ2n) is 11.2. The van der Waals surface area contributed by atoms with Crippen LogP contribution in [0.15, 0.2) is 36.0 Å². The molecule has 0 radical (unpaired) electrons. The highest BCUT2D eigenvalue weighted by Crippen LogP contribution is 2.37. The van der Waals surface area contributed by atoms with Crippen molar-refractivity contribution in [3.63, 3.8) is 0 Å². The van der Waals surface area contributed by atoms with Gasteiger partial charge in [0.2, 0.25) is 5.91 Å². The van der Waals surface area contributed by atoms with Crippen LogP contribution in [0.2, 0.25) is 0 Å². The molecule has 1 fully saturated rings. The molecule has 0 bridgehead atoms. The Labute approximate surface area is 222 Å². The topological polar surface area (TPSA) is 132 Å². The molecule has 8 nitrogen and oxygen atoms in total. The Morgan fingerprint density at radius 3 is 2.59 bits per heavy atom. The first kappa shape index (κ1) is 31.7. The molecule has 0 aromatic rings. The zero-order valence-electron chi connectivity index (χ0n) is 23.5. The summed E-state index contributed by atoms with van der Waals surface area (Å²) in [6, 6.07) is -0.366. The van der Waals surface area contributed by atoms with Gasteiger partial charge in [0.25, 0.3) is 0 Å². The molecule has 8 heteroatoms. The largest absolute Gasteiger partial charge is 0.393 e. The molecule has 1 amide bonds. The number of ether oxygens (including phenoxy) is 2. The molecule has 0 aromatic carbocycles. The first-order valence-electron chi connectivity index (χ1n) is 13.6. The van der Waals surface area contributed by atoms with Crippen LogP contribution in [0.1, 0.15) is 67.2 Å². The maximum Gasteiger partial charge on any atom is 0.223 e. The minimum Gasteiger partial charge on any atom is -0.393 e. The summed E-state index contributed by atoms with van der Waals surface area (Å²) >= 11 is 0. The third-order valence-corrected chi connectivity index (χ3v) is 7.99. The number of allylic oxidation sites excluding steroid dienone is 2. The highest BCUT2D eigenvalue weighted by molar-refractivity contribution is 5.77. The lowest BCUT2D eigenvalue weighted by Crippen LogP contribution is -2.43. The number of nitrogens with one attached hydrogen (secondary N) is 1. The van der Waals surface area contributed by atoms with Crippen LogP contribution in [-0.4, -0.2) is 81.7 Å². The summed E-state index contributed by atoms with van der Waals surface area (Å²) in [7, 11) is 1.70. The minimum atomic E-state index is -1.39. The van der Waals surface area contributed by atoms with Crippen molar-refractivity contribution in [2.45, 2.75) is 115 Å². The third kappa shape index (κ3) is 9.01. The van der Waals surface area contributed by atoms with E-state index in [0.29, 0.717) is 0 Å². The van der Waals surface area contributed by atoms with Gasteiger partial charge < -0.3 is 35.2 Å². The van der Waals surface area contributed by atoms with Crippen LogP contribution in [0.3, 0.4) is 0 Å². The number of rotatable bonds is 9. The summed E-state index contributed by atoms with van der Waals surface area (Å²) in [5, 5.41) is 45.0. The number of aliphatic hydroxyl groups excluding tert-OH is 3. The summed E-state index contributed by atoms with van der Waals surface area (Å²) in [5.41, 5.74) is -0.507. The number of hydrogen-bond acceptors (Lipinski definition) is 7. The molecule has 2 aliphatic rings. The molecule has 5 N–H and O–H groups in total. The van der Waals surface area contributed by atoms with Crippen LogP contribution < -0.4 is 5.32 Å². The van der Waals surface area contributed by atoms with E-state index in [1.54, 1.807) is 19.3 Å². The van der Waals surface area contributed by atoms with Crippen LogP contribution in [0.5, 0.6) is 0 Å². The number of aliphatic hydroxyl groups is 4. The molecule has 2 aliphatic heterocycles. The number of epoxide rings is 1. The Bertz CT molecular complexity index is 819. The van der Waals surface area contributed by atoms with E-state index in [0.717, 1.165) is 12.0 Å². The molecule has 212 valence electrons. The van der Waals surface area contributed by atoms with Gasteiger partial charge in [-0.1, -0.05) is 63.6 Å². The predicted octanol–water partition coefficient (Wildman–Crippen LogP) is 2.65. The lowest BCUT2D eigenvalue weighted by molar-refractivity contribution is -0.124. The van der Waals surface area contributed by atoms with Crippen LogP contribution in [0, 0.1) is 17.8 Å². The molecule has 11 atom stereocenters. The molecule has 1 saturated heterocycles. The summed E-state index contributed by atoms with van der Waals surface area (Å²) in [4.78, 5) is 12.6. The van der Waals surface area contributed by atoms with E-state index in [-0.39, 0.29) is 67.3 Å². The summed E-state index contributed by atoms with van der Waals surface area (Å²) in [6.07, 6.45) is 7.50. The molecule has 0 spiro atoms. The fourth-order valence-corrected chi connectivity index (χ4v) is 5.11. The van der Waals surface area contributed by atoms with E-state index in [4.69, 9.17) is 9.47 Å². The molecule has 9 unspecified atom stereocenters. The normalized spacial score (nSPS) is 38.1. The number of methoxy groups -OCH3 is 1. The first-order valence-corrected chi connectivity index (χ1v) is 13.6. The molecule has 0 aliphatic carbocycles. The smallest absolute Gasteiger partial charge is 0.223 e. The average Bonchev–Trinajstić information content (AvgIpc) is 3.64. The van der Waals surface area contributed by atoms with E-state index >= 15 is 0 Å². The Hall–Kier alpha value is -1.55. The van der Waals surface area contributed by atoms with E-state index in [2.05, 4.69) is 19.2 Å². The van der Waals surface area contributed by atoms with E-state index in [1.807, 2.05) is 39.0 Å². The second kappa shape index (κ2) is 14.0. The molecular formula is C29H49NO7. The molecule has 0 saturated carbocycles. The van der Waals surface area contributed by atoms with Crippen molar-refractivity contribution in [2.75, 3.05) is 7.11 Å². The fraction of sp³-hybridized carbons (Fsp3) is 0.759. The first-order chi connectivity index (χ1) is 17.3. The van der Waals surface area contributed by atoms with Gasteiger partial charge in [0.15, 0.2) is 0 Å². The van der Waals surface area contributed by atoms with Crippen molar-refractivity contribution in [1.82, 2.24) is 5.32 Å². The summed E-state index contributed by atoms with van der Waals surface area (Å²) in [6.45, 7) is 11.5. The lowest BCUT2D eigenvalue weighted by atomic mass is 9.88. The van der Waals surface area contributed by atoms with Crippen molar-refractivity contribution < 1.29 is 34.7 Å². The van der Waals surface area contributed by atoms with E-state index < -0.39 is 23.9 Å². The van der Waals surface area contributed by atoms with Gasteiger partial charge in [0.05, 0.1) is 42.5 Å². The number of amides is 1. The highest BCUT2D eigenvalue weighted by atomic mass is 16.6. The maximum absolute atomic E-state index is 12.6. The van der Waals surface area contributed by atoms with E-state index in [1.165, 1.54) is 6.92 Å². The Kier molecular flexibility index (Phi) is 12.0. The van der Waals surface area contributed by atoms with Crippen LogP contribution in [0.4, 0.5) is 0 Å². The molecule has 0 aromatic heterocycles. The number of carbonyl (C=O) groups is 1. The average molecular weight is 524 g/mol. The zero-order chi connectivity index (χ0) is 27.9. The molecule has 37 heavy (non-hydrogen) atoms. The molecule has 2 heterocycles. The van der Waals surface area contributed by atoms with Gasteiger partial charge in [0.1, 0.15) is 12.2 Å². The van der Waals surface area contributed by atoms with Crippen molar-refractivity contribution in [1.29, 1.82) is 0 Å². The SMILES string of the molecule is CCC(OC)C(C)C1OC1C(O)C(C)/C=C/C=C(\C)[C@H]1NC(=O)CC(O)CCC(C)(O)C(O)/C=C/[C@@H]1C. The Balaban J connectivity index is 2.09. The number of carbonyl (C=O) groups excluding carboxylic acids is 1. The van der Waals surface area contributed by atoms with Gasteiger partial charge in [-0.3, -0.25) is 4.79 Å². The van der Waals surface area contributed by atoms with Crippen LogP contribution in [-0.2, 0) is 14.3 Å². The van der Waals surface area contributed by atoms with Crippen molar-refractivity contribution in [3.05, 3.63) is 36.0 Å². The number of hydrogen-bond donors (Lipinski definition) is 5. The van der Waals surface area contributed by atoms with Gasteiger partial charge in [0, 0.05) is 18.9 Å². The predicted molar refractivity (Wildman–Crippen MR) is 144 cm³/mol. The summed E-state index contributed by atoms with van der Waals surface area (Å²) < 4.78 is 11.3. The molecular weight excluding hydrogens is 474 g/mol. The van der Waals surface area contributed by atoms with E-state index in [9.17, 15) is 25.2 Å². The second-order valence-corrected chi connectivity index (χ2v) is 11.2. The Morgan fingerprint density at radius 2 is 1.97 bits per heavy atom. The lowest BCUT2D eigenvalue weighted by Gasteiger charge is -2.30. The van der Waals surface area contributed by atoms with Gasteiger partial charge in [-0.05, 0) is 39.0 Å². The molecule has 2 rings (SSSR count). The monoisotopic (exact) mass is 523 g/mol. The van der Waals surface area contributed by atoms with Gasteiger partial charge in [-0.2, -0.15) is 0 Å². The standard InChI is InChI=1S/C29H49NO7/c1-8-22(36-7)20(5)27-28(37-27)26(34)19(4)11-9-10-17(2)25-18(3)12-13-23(32)29(6,35)15-14-21(31)16-24(33)30-25/h9-13,18-23,25-28,31-32,34-35H,8,14-16H2,1-7H3,(H,30,33)/b11-9+,13-12+,17-10+/t18-,19?,20?,21?,22?,23?,25+,26?,27?,28?,29?/m0/s1. The minimum absolute atomic E-state index is 0.0152. The zero-order valence-corrected chi connectivity index (χ0v) is 23.5. The van der Waals surface area contributed by atoms with Gasteiger partial charge in [-0.25, -0.2) is 0 Å². The Morgan fingerprint density at radius 1 is 1.30 bits per heavy atom. The highest BCUT2D eigenvalue weighted by Gasteiger charge is 2.50. The van der Waals surface area contributed by atoms with Gasteiger partial charge >= 0.3 is 0 Å². The van der Waals surface area contributed by atoms with Crippen molar-refractivity contribution in [3.8, 4) is 0 Å². The fourth-order valence-electron chi connectivity index (χ4n) is 5.11. The van der Waals surface area contributed by atoms with Crippen LogP contribution in [0.25, 0.3) is 0 Å². The van der Waals surface area contributed by atoms with Crippen molar-refractivity contribution in [2.24, 2.45) is 17.8 Å². The summed E-state index contributed by atoms with van der Waals surface area (Å²) in [5.74, 6) is -0.378. The quantitative estimate of drug-likeness (QED) is 0.178.